The normalized spacial score (nSPS) is 11.1. The molecule has 9 heteroatoms. The van der Waals surface area contributed by atoms with E-state index in [4.69, 9.17) is 21.1 Å². The van der Waals surface area contributed by atoms with Crippen molar-refractivity contribution in [2.75, 3.05) is 25.6 Å². The molecule has 0 saturated heterocycles. The second-order valence-corrected chi connectivity index (χ2v) is 5.31. The summed E-state index contributed by atoms with van der Waals surface area (Å²) in [4.78, 5) is 14.3. The summed E-state index contributed by atoms with van der Waals surface area (Å²) in [5, 5.41) is 2.65. The molecule has 2 N–H and O–H groups in total. The number of alkyl halides is 3. The second kappa shape index (κ2) is 8.06. The lowest BCUT2D eigenvalue weighted by Gasteiger charge is -2.07. The van der Waals surface area contributed by atoms with Gasteiger partial charge in [-0.2, -0.15) is 13.2 Å². The van der Waals surface area contributed by atoms with Crippen LogP contribution in [-0.4, -0.2) is 26.2 Å². The van der Waals surface area contributed by atoms with Gasteiger partial charge in [0.2, 0.25) is 0 Å². The zero-order chi connectivity index (χ0) is 18.4. The Morgan fingerprint density at radius 2 is 1.96 bits per heavy atom. The molecule has 134 valence electrons. The van der Waals surface area contributed by atoms with Crippen molar-refractivity contribution in [2.45, 2.75) is 6.18 Å². The van der Waals surface area contributed by atoms with E-state index >= 15 is 0 Å². The van der Waals surface area contributed by atoms with Gasteiger partial charge >= 0.3 is 12.1 Å². The Morgan fingerprint density at radius 1 is 1.28 bits per heavy atom. The molecule has 0 spiro atoms. The Hall–Kier alpha value is -2.48. The molecule has 0 aliphatic carbocycles. The molecule has 0 aliphatic heterocycles. The smallest absolute Gasteiger partial charge is 0.419 e. The van der Waals surface area contributed by atoms with E-state index in [2.05, 4.69) is 10.3 Å². The van der Waals surface area contributed by atoms with Gasteiger partial charge < -0.3 is 9.47 Å². The average Bonchev–Trinajstić information content (AvgIpc) is 2.58. The van der Waals surface area contributed by atoms with Gasteiger partial charge in [0.25, 0.3) is 5.82 Å². The number of rotatable bonds is 6. The first-order valence-corrected chi connectivity index (χ1v) is 7.52. The number of carbonyl (C=O) groups is 1. The molecule has 0 aliphatic rings. The number of H-pyrrole nitrogens is 1. The number of methoxy groups -OCH3 is 1. The third kappa shape index (κ3) is 5.25. The van der Waals surface area contributed by atoms with E-state index in [-0.39, 0.29) is 24.0 Å². The predicted molar refractivity (Wildman–Crippen MR) is 84.8 cm³/mol. The van der Waals surface area contributed by atoms with Crippen LogP contribution in [0, 0.1) is 0 Å². The molecule has 2 rings (SSSR count). The van der Waals surface area contributed by atoms with Crippen LogP contribution in [0.3, 0.4) is 0 Å². The number of hydrogen-bond acceptors (Lipinski definition) is 4. The minimum absolute atomic E-state index is 0.00997. The van der Waals surface area contributed by atoms with Crippen LogP contribution < -0.4 is 15.0 Å². The van der Waals surface area contributed by atoms with Crippen LogP contribution in [0.2, 0.25) is 5.02 Å². The summed E-state index contributed by atoms with van der Waals surface area (Å²) in [6.07, 6.45) is -3.68. The molecule has 1 aromatic heterocycles. The van der Waals surface area contributed by atoms with Gasteiger partial charge in [0.15, 0.2) is 0 Å². The summed E-state index contributed by atoms with van der Waals surface area (Å²) in [7, 11) is 1.52. The average molecular weight is 376 g/mol. The maximum atomic E-state index is 12.5. The van der Waals surface area contributed by atoms with E-state index in [1.807, 2.05) is 0 Å². The Balaban J connectivity index is 1.83. The van der Waals surface area contributed by atoms with Crippen LogP contribution in [0.5, 0.6) is 5.75 Å². The number of benzene rings is 1. The van der Waals surface area contributed by atoms with E-state index in [9.17, 15) is 18.0 Å². The van der Waals surface area contributed by atoms with Gasteiger partial charge in [-0.3, -0.25) is 5.32 Å². The highest BCUT2D eigenvalue weighted by atomic mass is 35.5. The number of halogens is 4. The lowest BCUT2D eigenvalue weighted by atomic mass is 10.2. The van der Waals surface area contributed by atoms with Gasteiger partial charge in [-0.25, -0.2) is 9.78 Å². The van der Waals surface area contributed by atoms with Crippen LogP contribution in [0.15, 0.2) is 36.5 Å². The SMILES string of the molecule is COc1ccc(C(=O)OCCNc2[nH+]cc(C(F)(F)F)cc2Cl)cc1. The van der Waals surface area contributed by atoms with Gasteiger partial charge in [-0.05, 0) is 30.3 Å². The van der Waals surface area contributed by atoms with Crippen LogP contribution in [0.1, 0.15) is 15.9 Å². The first-order valence-electron chi connectivity index (χ1n) is 7.14. The van der Waals surface area contributed by atoms with Gasteiger partial charge in [-0.15, -0.1) is 0 Å². The molecule has 25 heavy (non-hydrogen) atoms. The molecule has 0 unspecified atom stereocenters. The minimum Gasteiger partial charge on any atom is -0.497 e. The van der Waals surface area contributed by atoms with Crippen molar-refractivity contribution >= 4 is 23.4 Å². The number of carbonyl (C=O) groups excluding carboxylic acids is 1. The van der Waals surface area contributed by atoms with Crippen molar-refractivity contribution in [3.05, 3.63) is 52.7 Å². The third-order valence-electron chi connectivity index (χ3n) is 3.18. The largest absolute Gasteiger partial charge is 0.497 e. The summed E-state index contributed by atoms with van der Waals surface area (Å²) in [6.45, 7) is 0.180. The van der Waals surface area contributed by atoms with E-state index < -0.39 is 17.7 Å². The highest BCUT2D eigenvalue weighted by molar-refractivity contribution is 6.32. The Kier molecular flexibility index (Phi) is 6.08. The topological polar surface area (TPSA) is 61.7 Å². The first kappa shape index (κ1) is 18.9. The molecule has 0 radical (unpaired) electrons. The van der Waals surface area contributed by atoms with Crippen molar-refractivity contribution < 1.29 is 32.4 Å². The molecule has 0 bridgehead atoms. The fourth-order valence-corrected chi connectivity index (χ4v) is 2.14. The van der Waals surface area contributed by atoms with Crippen LogP contribution in [0.4, 0.5) is 19.0 Å². The van der Waals surface area contributed by atoms with Crippen molar-refractivity contribution in [1.29, 1.82) is 0 Å². The number of nitrogens with one attached hydrogen (secondary N) is 2. The second-order valence-electron chi connectivity index (χ2n) is 4.90. The third-order valence-corrected chi connectivity index (χ3v) is 3.48. The number of ether oxygens (including phenoxy) is 2. The van der Waals surface area contributed by atoms with Crippen molar-refractivity contribution in [2.24, 2.45) is 0 Å². The molecule has 0 amide bonds. The number of hydrogen-bond donors (Lipinski definition) is 1. The zero-order valence-electron chi connectivity index (χ0n) is 13.1. The van der Waals surface area contributed by atoms with E-state index in [0.717, 1.165) is 12.3 Å². The summed E-state index contributed by atoms with van der Waals surface area (Å²) < 4.78 is 47.7. The number of aromatic amines is 1. The van der Waals surface area contributed by atoms with Crippen molar-refractivity contribution in [3.63, 3.8) is 0 Å². The Labute approximate surface area is 146 Å². The summed E-state index contributed by atoms with van der Waals surface area (Å²) >= 11 is 5.79. The standard InChI is InChI=1S/C16H14ClF3N2O3/c1-24-12-4-2-10(3-5-12)15(23)25-7-6-21-14-13(17)8-11(9-22-14)16(18,19)20/h2-5,8-9H,6-7H2,1H3,(H,21,22)/p+1. The van der Waals surface area contributed by atoms with E-state index in [1.54, 1.807) is 24.3 Å². The molecular formula is C16H15ClF3N2O3+. The fourth-order valence-electron chi connectivity index (χ4n) is 1.90. The van der Waals surface area contributed by atoms with Gasteiger partial charge in [0.1, 0.15) is 30.1 Å². The van der Waals surface area contributed by atoms with Crippen molar-refractivity contribution in [3.8, 4) is 5.75 Å². The van der Waals surface area contributed by atoms with Crippen LogP contribution in [0.25, 0.3) is 0 Å². The highest BCUT2D eigenvalue weighted by Gasteiger charge is 2.32. The number of anilines is 1. The van der Waals surface area contributed by atoms with Gasteiger partial charge in [0.05, 0.1) is 18.2 Å². The maximum absolute atomic E-state index is 12.5. The lowest BCUT2D eigenvalue weighted by Crippen LogP contribution is -2.21. The molecule has 0 saturated carbocycles. The van der Waals surface area contributed by atoms with Crippen LogP contribution in [-0.2, 0) is 10.9 Å². The molecule has 5 nitrogen and oxygen atoms in total. The molecule has 0 fully saturated rings. The lowest BCUT2D eigenvalue weighted by molar-refractivity contribution is -0.364. The zero-order valence-corrected chi connectivity index (χ0v) is 13.9. The van der Waals surface area contributed by atoms with E-state index in [1.165, 1.54) is 7.11 Å². The minimum atomic E-state index is -4.48. The predicted octanol–water partition coefficient (Wildman–Crippen LogP) is 3.45. The first-order chi connectivity index (χ1) is 11.8. The number of aromatic nitrogens is 1. The Bertz CT molecular complexity index is 736. The van der Waals surface area contributed by atoms with Crippen LogP contribution >= 0.6 is 11.6 Å². The summed E-state index contributed by atoms with van der Waals surface area (Å²) in [6, 6.07) is 7.20. The molecular weight excluding hydrogens is 361 g/mol. The summed E-state index contributed by atoms with van der Waals surface area (Å²) in [5.74, 6) is 0.299. The highest BCUT2D eigenvalue weighted by Crippen LogP contribution is 2.31. The molecule has 1 aromatic carbocycles. The molecule has 1 heterocycles. The fraction of sp³-hybridized carbons (Fsp3) is 0.250. The molecule has 0 atom stereocenters. The van der Waals surface area contributed by atoms with Gasteiger partial charge in [0, 0.05) is 0 Å². The number of esters is 1. The Morgan fingerprint density at radius 3 is 2.52 bits per heavy atom. The molecule has 2 aromatic rings. The van der Waals surface area contributed by atoms with Gasteiger partial charge in [-0.1, -0.05) is 11.6 Å². The van der Waals surface area contributed by atoms with Crippen molar-refractivity contribution in [1.82, 2.24) is 0 Å². The summed E-state index contributed by atoms with van der Waals surface area (Å²) in [5.41, 5.74) is -0.520. The number of pyridine rings is 1. The quantitative estimate of drug-likeness (QED) is 0.620. The monoisotopic (exact) mass is 375 g/mol. The van der Waals surface area contributed by atoms with E-state index in [0.29, 0.717) is 11.3 Å². The maximum Gasteiger partial charge on any atom is 0.419 e.